The molecule has 4 nitrogen and oxygen atoms in total. The first-order valence-electron chi connectivity index (χ1n) is 5.03. The third-order valence-electron chi connectivity index (χ3n) is 2.50. The fraction of sp³-hybridized carbons (Fsp3) is 0.167. The molecule has 0 radical (unpaired) electrons. The zero-order chi connectivity index (χ0) is 11.5. The number of hydrogen-bond acceptors (Lipinski definition) is 2. The van der Waals surface area contributed by atoms with Gasteiger partial charge < -0.3 is 11.1 Å². The lowest BCUT2D eigenvalue weighted by Gasteiger charge is -2.00. The van der Waals surface area contributed by atoms with Crippen LogP contribution in [0.2, 0.25) is 0 Å². The molecule has 1 aliphatic heterocycles. The predicted octanol–water partition coefficient (Wildman–Crippen LogP) is 0.819. The molecule has 0 aliphatic carbocycles. The van der Waals surface area contributed by atoms with Gasteiger partial charge in [0.15, 0.2) is 0 Å². The van der Waals surface area contributed by atoms with Crippen molar-refractivity contribution in [3.63, 3.8) is 0 Å². The van der Waals surface area contributed by atoms with Crippen molar-refractivity contribution in [3.05, 3.63) is 41.0 Å². The van der Waals surface area contributed by atoms with Crippen molar-refractivity contribution in [1.82, 2.24) is 5.32 Å². The van der Waals surface area contributed by atoms with Crippen LogP contribution in [0.15, 0.2) is 24.3 Å². The van der Waals surface area contributed by atoms with Crippen molar-refractivity contribution in [2.24, 2.45) is 5.73 Å². The first-order chi connectivity index (χ1) is 7.68. The molecule has 0 atom stereocenters. The zero-order valence-electron chi connectivity index (χ0n) is 8.69. The van der Waals surface area contributed by atoms with Gasteiger partial charge in [0.25, 0.3) is 5.91 Å². The fourth-order valence-electron chi connectivity index (χ4n) is 1.74. The summed E-state index contributed by atoms with van der Waals surface area (Å²) in [4.78, 5) is 22.0. The van der Waals surface area contributed by atoms with Crippen LogP contribution in [0.5, 0.6) is 0 Å². The lowest BCUT2D eigenvalue weighted by molar-refractivity contribution is -0.117. The summed E-state index contributed by atoms with van der Waals surface area (Å²) in [6.07, 6.45) is 3.75. The highest BCUT2D eigenvalue weighted by Gasteiger charge is 2.19. The second kappa shape index (κ2) is 4.18. The molecule has 1 heterocycles. The number of carbonyl (C=O) groups excluding carboxylic acids is 2. The van der Waals surface area contributed by atoms with Gasteiger partial charge in [-0.1, -0.05) is 24.3 Å². The van der Waals surface area contributed by atoms with Crippen molar-refractivity contribution >= 4 is 17.9 Å². The minimum atomic E-state index is -0.363. The molecule has 0 unspecified atom stereocenters. The second-order valence-electron chi connectivity index (χ2n) is 3.63. The number of fused-ring (bicyclic) bond motifs is 1. The number of benzene rings is 1. The Hall–Kier alpha value is -2.10. The van der Waals surface area contributed by atoms with Crippen molar-refractivity contribution in [3.8, 4) is 0 Å². The van der Waals surface area contributed by atoms with E-state index < -0.39 is 0 Å². The van der Waals surface area contributed by atoms with Crippen LogP contribution >= 0.6 is 0 Å². The molecule has 2 amide bonds. The molecule has 2 rings (SSSR count). The summed E-state index contributed by atoms with van der Waals surface area (Å²) in [6.45, 7) is 0.547. The lowest BCUT2D eigenvalue weighted by atomic mass is 10.0. The molecule has 1 aliphatic rings. The van der Waals surface area contributed by atoms with E-state index in [2.05, 4.69) is 5.32 Å². The van der Waals surface area contributed by atoms with Crippen LogP contribution in [-0.2, 0) is 11.3 Å². The van der Waals surface area contributed by atoms with Gasteiger partial charge in [0, 0.05) is 18.5 Å². The van der Waals surface area contributed by atoms with Gasteiger partial charge >= 0.3 is 0 Å². The molecule has 0 bridgehead atoms. The summed E-state index contributed by atoms with van der Waals surface area (Å²) in [7, 11) is 0. The van der Waals surface area contributed by atoms with E-state index in [1.165, 1.54) is 0 Å². The molecule has 0 saturated carbocycles. The molecule has 82 valence electrons. The molecule has 0 saturated heterocycles. The van der Waals surface area contributed by atoms with Gasteiger partial charge in [0.2, 0.25) is 5.91 Å². The highest BCUT2D eigenvalue weighted by molar-refractivity contribution is 5.99. The van der Waals surface area contributed by atoms with Crippen LogP contribution in [0.3, 0.4) is 0 Å². The average Bonchev–Trinajstić information content (AvgIpc) is 2.61. The van der Waals surface area contributed by atoms with Crippen LogP contribution in [0.4, 0.5) is 0 Å². The van der Waals surface area contributed by atoms with Crippen LogP contribution < -0.4 is 11.1 Å². The third kappa shape index (κ3) is 1.95. The summed E-state index contributed by atoms with van der Waals surface area (Å²) in [5, 5.41) is 2.76. The monoisotopic (exact) mass is 216 g/mol. The Bertz CT molecular complexity index is 478. The number of nitrogens with two attached hydrogens (primary N) is 1. The summed E-state index contributed by atoms with van der Waals surface area (Å²) < 4.78 is 0. The normalized spacial score (nSPS) is 13.9. The largest absolute Gasteiger partial charge is 0.369 e. The van der Waals surface area contributed by atoms with E-state index in [1.807, 2.05) is 18.2 Å². The Morgan fingerprint density at radius 2 is 2.31 bits per heavy atom. The molecular weight excluding hydrogens is 204 g/mol. The fourth-order valence-corrected chi connectivity index (χ4v) is 1.74. The Kier molecular flexibility index (Phi) is 2.72. The number of rotatable bonds is 3. The maximum absolute atomic E-state index is 11.4. The highest BCUT2D eigenvalue weighted by Crippen LogP contribution is 2.20. The first kappa shape index (κ1) is 10.4. The van der Waals surface area contributed by atoms with Crippen molar-refractivity contribution in [2.75, 3.05) is 0 Å². The minimum Gasteiger partial charge on any atom is -0.369 e. The molecular formula is C12H12N2O2. The molecule has 4 heteroatoms. The number of nitrogens with one attached hydrogen (secondary N) is 1. The molecule has 1 aromatic rings. The number of amides is 2. The summed E-state index contributed by atoms with van der Waals surface area (Å²) in [6, 6.07) is 5.54. The Morgan fingerprint density at radius 1 is 1.50 bits per heavy atom. The highest BCUT2D eigenvalue weighted by atomic mass is 16.2. The van der Waals surface area contributed by atoms with Gasteiger partial charge in [0.1, 0.15) is 0 Å². The van der Waals surface area contributed by atoms with Crippen molar-refractivity contribution in [1.29, 1.82) is 0 Å². The van der Waals surface area contributed by atoms with E-state index in [0.717, 1.165) is 11.1 Å². The molecule has 1 aromatic carbocycles. The topological polar surface area (TPSA) is 72.2 Å². The predicted molar refractivity (Wildman–Crippen MR) is 60.5 cm³/mol. The van der Waals surface area contributed by atoms with Gasteiger partial charge in [-0.05, 0) is 17.2 Å². The van der Waals surface area contributed by atoms with E-state index in [1.54, 1.807) is 12.1 Å². The minimum absolute atomic E-state index is 0.0415. The van der Waals surface area contributed by atoms with E-state index in [4.69, 9.17) is 5.73 Å². The quantitative estimate of drug-likeness (QED) is 0.785. The van der Waals surface area contributed by atoms with Crippen molar-refractivity contribution in [2.45, 2.75) is 13.0 Å². The maximum Gasteiger partial charge on any atom is 0.251 e. The number of hydrogen-bond donors (Lipinski definition) is 2. The summed E-state index contributed by atoms with van der Waals surface area (Å²) in [5.74, 6) is -0.404. The molecule has 0 aromatic heterocycles. The molecule has 0 spiro atoms. The Labute approximate surface area is 93.1 Å². The zero-order valence-corrected chi connectivity index (χ0v) is 8.69. The first-order valence-corrected chi connectivity index (χ1v) is 5.03. The van der Waals surface area contributed by atoms with Gasteiger partial charge in [0.05, 0.1) is 0 Å². The molecule has 0 fully saturated rings. The summed E-state index contributed by atoms with van der Waals surface area (Å²) in [5.41, 5.74) is 7.68. The standard InChI is InChI=1S/C12H12N2O2/c13-11(15)6-2-4-8-3-1-5-9-10(8)7-14-12(9)16/h1-5H,6-7H2,(H2,13,15)(H,14,16). The van der Waals surface area contributed by atoms with Crippen LogP contribution in [0.25, 0.3) is 6.08 Å². The van der Waals surface area contributed by atoms with Gasteiger partial charge in [-0.15, -0.1) is 0 Å². The Balaban J connectivity index is 2.26. The lowest BCUT2D eigenvalue weighted by Crippen LogP contribution is -2.12. The average molecular weight is 216 g/mol. The van der Waals surface area contributed by atoms with Crippen molar-refractivity contribution < 1.29 is 9.59 Å². The van der Waals surface area contributed by atoms with Gasteiger partial charge in [-0.3, -0.25) is 9.59 Å². The van der Waals surface area contributed by atoms with Gasteiger partial charge in [-0.25, -0.2) is 0 Å². The van der Waals surface area contributed by atoms with E-state index >= 15 is 0 Å². The SMILES string of the molecule is NC(=O)CC=Cc1cccc2c1CNC2=O. The van der Waals surface area contributed by atoms with Crippen LogP contribution in [0, 0.1) is 0 Å². The number of carbonyl (C=O) groups is 2. The van der Waals surface area contributed by atoms with E-state index in [0.29, 0.717) is 12.1 Å². The van der Waals surface area contributed by atoms with Gasteiger partial charge in [-0.2, -0.15) is 0 Å². The second-order valence-corrected chi connectivity index (χ2v) is 3.63. The maximum atomic E-state index is 11.4. The van der Waals surface area contributed by atoms with E-state index in [-0.39, 0.29) is 18.2 Å². The smallest absolute Gasteiger partial charge is 0.251 e. The summed E-state index contributed by atoms with van der Waals surface area (Å²) >= 11 is 0. The van der Waals surface area contributed by atoms with Crippen LogP contribution in [0.1, 0.15) is 27.9 Å². The number of primary amides is 1. The molecule has 3 N–H and O–H groups in total. The Morgan fingerprint density at radius 3 is 3.06 bits per heavy atom. The van der Waals surface area contributed by atoms with E-state index in [9.17, 15) is 9.59 Å². The molecule has 16 heavy (non-hydrogen) atoms. The van der Waals surface area contributed by atoms with Crippen LogP contribution in [-0.4, -0.2) is 11.8 Å². The third-order valence-corrected chi connectivity index (χ3v) is 2.50.